The number of amides is 1. The Balaban J connectivity index is 2.81. The first-order valence-electron chi connectivity index (χ1n) is 5.50. The highest BCUT2D eigenvalue weighted by molar-refractivity contribution is 8.00. The van der Waals surface area contributed by atoms with E-state index >= 15 is 0 Å². The first-order chi connectivity index (χ1) is 7.97. The van der Waals surface area contributed by atoms with Gasteiger partial charge in [-0.25, -0.2) is 9.89 Å². The van der Waals surface area contributed by atoms with Crippen molar-refractivity contribution in [1.82, 2.24) is 19.7 Å². The smallest absolute Gasteiger partial charge is 0.343 e. The first-order valence-corrected chi connectivity index (χ1v) is 6.38. The van der Waals surface area contributed by atoms with Gasteiger partial charge in [-0.3, -0.25) is 9.36 Å². The van der Waals surface area contributed by atoms with Gasteiger partial charge in [-0.2, -0.15) is 0 Å². The predicted octanol–water partition coefficient (Wildman–Crippen LogP) is 0.550. The van der Waals surface area contributed by atoms with Crippen LogP contribution in [0.25, 0.3) is 0 Å². The standard InChI is InChI=1S/C10H18N4O2S/c1-5-6-14-9(16)11-12-10(14)17-7(2)8(15)13(3)4/h7H,5-6H2,1-4H3,(H,11,16)/t7-/m0/s1. The molecule has 1 amide bonds. The van der Waals surface area contributed by atoms with Crippen LogP contribution in [0, 0.1) is 0 Å². The van der Waals surface area contributed by atoms with Gasteiger partial charge in [-0.1, -0.05) is 18.7 Å². The molecule has 0 saturated heterocycles. The summed E-state index contributed by atoms with van der Waals surface area (Å²) in [5.74, 6) is 0.00787. The summed E-state index contributed by atoms with van der Waals surface area (Å²) in [7, 11) is 3.42. The number of H-pyrrole nitrogens is 1. The highest BCUT2D eigenvalue weighted by Crippen LogP contribution is 2.20. The zero-order valence-corrected chi connectivity index (χ0v) is 11.4. The van der Waals surface area contributed by atoms with Crippen LogP contribution in [0.1, 0.15) is 20.3 Å². The van der Waals surface area contributed by atoms with Crippen molar-refractivity contribution in [3.05, 3.63) is 10.5 Å². The van der Waals surface area contributed by atoms with Crippen molar-refractivity contribution in [3.63, 3.8) is 0 Å². The van der Waals surface area contributed by atoms with Crippen LogP contribution in [0.15, 0.2) is 9.95 Å². The molecule has 0 unspecified atom stereocenters. The minimum absolute atomic E-state index is 0.00787. The van der Waals surface area contributed by atoms with E-state index in [4.69, 9.17) is 0 Å². The minimum Gasteiger partial charge on any atom is -0.348 e. The van der Waals surface area contributed by atoms with E-state index in [0.717, 1.165) is 6.42 Å². The van der Waals surface area contributed by atoms with Crippen LogP contribution < -0.4 is 5.69 Å². The summed E-state index contributed by atoms with van der Waals surface area (Å²) >= 11 is 1.30. The second-order valence-corrected chi connectivity index (χ2v) is 5.26. The van der Waals surface area contributed by atoms with E-state index in [0.29, 0.717) is 11.7 Å². The van der Waals surface area contributed by atoms with Crippen molar-refractivity contribution in [3.8, 4) is 0 Å². The average molecular weight is 258 g/mol. The number of carbonyl (C=O) groups excluding carboxylic acids is 1. The molecule has 0 aliphatic heterocycles. The Morgan fingerprint density at radius 2 is 2.24 bits per heavy atom. The van der Waals surface area contributed by atoms with Crippen LogP contribution in [0.3, 0.4) is 0 Å². The zero-order valence-electron chi connectivity index (χ0n) is 10.6. The van der Waals surface area contributed by atoms with E-state index in [1.807, 2.05) is 13.8 Å². The average Bonchev–Trinajstić information content (AvgIpc) is 2.60. The maximum absolute atomic E-state index is 11.7. The number of aromatic amines is 1. The lowest BCUT2D eigenvalue weighted by atomic mass is 10.4. The number of nitrogens with one attached hydrogen (secondary N) is 1. The summed E-state index contributed by atoms with van der Waals surface area (Å²) in [6.07, 6.45) is 0.850. The Labute approximate surface area is 104 Å². The molecule has 0 bridgehead atoms. The van der Waals surface area contributed by atoms with Crippen LogP contribution in [0.5, 0.6) is 0 Å². The van der Waals surface area contributed by atoms with E-state index in [1.165, 1.54) is 16.7 Å². The Morgan fingerprint density at radius 1 is 1.59 bits per heavy atom. The zero-order chi connectivity index (χ0) is 13.0. The lowest BCUT2D eigenvalue weighted by Gasteiger charge is -2.15. The number of hydrogen-bond acceptors (Lipinski definition) is 4. The molecule has 7 heteroatoms. The van der Waals surface area contributed by atoms with Gasteiger partial charge in [-0.05, 0) is 13.3 Å². The van der Waals surface area contributed by atoms with Gasteiger partial charge in [-0.15, -0.1) is 5.10 Å². The Morgan fingerprint density at radius 3 is 2.76 bits per heavy atom. The number of thioether (sulfide) groups is 1. The molecule has 6 nitrogen and oxygen atoms in total. The molecule has 17 heavy (non-hydrogen) atoms. The second-order valence-electron chi connectivity index (χ2n) is 3.96. The molecule has 1 aromatic heterocycles. The molecular weight excluding hydrogens is 240 g/mol. The van der Waals surface area contributed by atoms with Gasteiger partial charge in [0.15, 0.2) is 5.16 Å². The summed E-state index contributed by atoms with van der Waals surface area (Å²) < 4.78 is 1.56. The fraction of sp³-hybridized carbons (Fsp3) is 0.700. The number of rotatable bonds is 5. The van der Waals surface area contributed by atoms with Crippen LogP contribution in [-0.2, 0) is 11.3 Å². The molecule has 1 heterocycles. The summed E-state index contributed by atoms with van der Waals surface area (Å²) in [5, 5.41) is 6.66. The molecule has 0 saturated carbocycles. The Bertz CT molecular complexity index is 438. The highest BCUT2D eigenvalue weighted by Gasteiger charge is 2.19. The third-order valence-electron chi connectivity index (χ3n) is 2.24. The molecule has 1 atom stereocenters. The Kier molecular flexibility index (Phi) is 4.80. The molecule has 0 fully saturated rings. The van der Waals surface area contributed by atoms with Crippen molar-refractivity contribution < 1.29 is 4.79 Å². The van der Waals surface area contributed by atoms with E-state index in [1.54, 1.807) is 18.7 Å². The highest BCUT2D eigenvalue weighted by atomic mass is 32.2. The largest absolute Gasteiger partial charge is 0.348 e. The van der Waals surface area contributed by atoms with Crippen molar-refractivity contribution in [2.24, 2.45) is 0 Å². The molecule has 96 valence electrons. The fourth-order valence-corrected chi connectivity index (χ4v) is 2.41. The van der Waals surface area contributed by atoms with E-state index < -0.39 is 0 Å². The molecule has 0 aromatic carbocycles. The van der Waals surface area contributed by atoms with Gasteiger partial charge < -0.3 is 4.90 Å². The van der Waals surface area contributed by atoms with Gasteiger partial charge in [0.2, 0.25) is 5.91 Å². The van der Waals surface area contributed by atoms with E-state index in [-0.39, 0.29) is 16.8 Å². The molecule has 0 radical (unpaired) electrons. The lowest BCUT2D eigenvalue weighted by molar-refractivity contribution is -0.127. The van der Waals surface area contributed by atoms with Crippen LogP contribution in [0.2, 0.25) is 0 Å². The molecular formula is C10H18N4O2S. The molecule has 0 aliphatic carbocycles. The SMILES string of the molecule is CCCn1c(S[C@@H](C)C(=O)N(C)C)n[nH]c1=O. The third kappa shape index (κ3) is 3.36. The van der Waals surface area contributed by atoms with Crippen molar-refractivity contribution in [1.29, 1.82) is 0 Å². The van der Waals surface area contributed by atoms with Crippen LogP contribution >= 0.6 is 11.8 Å². The number of carbonyl (C=O) groups is 1. The molecule has 1 N–H and O–H groups in total. The molecule has 0 spiro atoms. The van der Waals surface area contributed by atoms with Gasteiger partial charge in [0.25, 0.3) is 0 Å². The summed E-state index contributed by atoms with van der Waals surface area (Å²) in [6, 6.07) is 0. The topological polar surface area (TPSA) is 71.0 Å². The minimum atomic E-state index is -0.254. The monoisotopic (exact) mass is 258 g/mol. The van der Waals surface area contributed by atoms with Crippen LogP contribution in [0.4, 0.5) is 0 Å². The van der Waals surface area contributed by atoms with Crippen molar-refractivity contribution >= 4 is 17.7 Å². The summed E-state index contributed by atoms with van der Waals surface area (Å²) in [6.45, 7) is 4.41. The van der Waals surface area contributed by atoms with Crippen LogP contribution in [-0.4, -0.2) is 44.9 Å². The van der Waals surface area contributed by atoms with Crippen molar-refractivity contribution in [2.75, 3.05) is 14.1 Å². The quantitative estimate of drug-likeness (QED) is 0.783. The predicted molar refractivity (Wildman–Crippen MR) is 67.2 cm³/mol. The van der Waals surface area contributed by atoms with E-state index in [2.05, 4.69) is 10.2 Å². The van der Waals surface area contributed by atoms with Gasteiger partial charge >= 0.3 is 5.69 Å². The maximum atomic E-state index is 11.7. The maximum Gasteiger partial charge on any atom is 0.343 e. The third-order valence-corrected chi connectivity index (χ3v) is 3.32. The first kappa shape index (κ1) is 13.8. The molecule has 1 rings (SSSR count). The normalized spacial score (nSPS) is 12.5. The number of aromatic nitrogens is 3. The van der Waals surface area contributed by atoms with Gasteiger partial charge in [0, 0.05) is 20.6 Å². The van der Waals surface area contributed by atoms with Gasteiger partial charge in [0.1, 0.15) is 0 Å². The van der Waals surface area contributed by atoms with Crippen molar-refractivity contribution in [2.45, 2.75) is 37.2 Å². The summed E-state index contributed by atoms with van der Waals surface area (Å²) in [4.78, 5) is 24.7. The number of hydrogen-bond donors (Lipinski definition) is 1. The molecule has 0 aliphatic rings. The van der Waals surface area contributed by atoms with Gasteiger partial charge in [0.05, 0.1) is 5.25 Å². The molecule has 1 aromatic rings. The van der Waals surface area contributed by atoms with E-state index in [9.17, 15) is 9.59 Å². The fourth-order valence-electron chi connectivity index (χ4n) is 1.39. The Hall–Kier alpha value is -1.24. The second kappa shape index (κ2) is 5.90. The summed E-state index contributed by atoms with van der Waals surface area (Å²) in [5.41, 5.74) is -0.223. The lowest BCUT2D eigenvalue weighted by Crippen LogP contribution is -2.30. The number of nitrogens with zero attached hydrogens (tertiary/aromatic N) is 3.